The van der Waals surface area contributed by atoms with E-state index < -0.39 is 0 Å². The fourth-order valence-corrected chi connectivity index (χ4v) is 2.76. The van der Waals surface area contributed by atoms with Gasteiger partial charge >= 0.3 is 0 Å². The molecule has 0 bridgehead atoms. The normalized spacial score (nSPS) is 10.3. The lowest BCUT2D eigenvalue weighted by atomic mass is 10.1. The van der Waals surface area contributed by atoms with Gasteiger partial charge in [0.1, 0.15) is 11.4 Å². The number of aromatic nitrogens is 2. The smallest absolute Gasteiger partial charge is 0.270 e. The second kappa shape index (κ2) is 9.54. The Balaban J connectivity index is 1.57. The molecule has 0 unspecified atom stereocenters. The molecule has 1 heterocycles. The van der Waals surface area contributed by atoms with Crippen LogP contribution >= 0.6 is 0 Å². The van der Waals surface area contributed by atoms with Gasteiger partial charge in [-0.25, -0.2) is 9.97 Å². The molecule has 7 nitrogen and oxygen atoms in total. The Hall–Kier alpha value is -3.61. The van der Waals surface area contributed by atoms with Crippen LogP contribution in [-0.4, -0.2) is 43.6 Å². The number of carbonyl (C=O) groups excluding carboxylic acids is 1. The summed E-state index contributed by atoms with van der Waals surface area (Å²) >= 11 is 0. The van der Waals surface area contributed by atoms with Gasteiger partial charge in [0.25, 0.3) is 5.91 Å². The monoisotopic (exact) mass is 391 g/mol. The van der Waals surface area contributed by atoms with Gasteiger partial charge < -0.3 is 20.3 Å². The summed E-state index contributed by atoms with van der Waals surface area (Å²) in [6, 6.07) is 17.3. The molecular weight excluding hydrogens is 366 g/mol. The number of benzene rings is 2. The Morgan fingerprint density at radius 2 is 1.90 bits per heavy atom. The number of nitrogens with zero attached hydrogens (tertiary/aromatic N) is 3. The number of rotatable bonds is 8. The lowest BCUT2D eigenvalue weighted by Crippen LogP contribution is -2.26. The van der Waals surface area contributed by atoms with Gasteiger partial charge in [-0.1, -0.05) is 12.1 Å². The zero-order valence-corrected chi connectivity index (χ0v) is 16.8. The number of hydrogen-bond acceptors (Lipinski definition) is 6. The van der Waals surface area contributed by atoms with E-state index in [4.69, 9.17) is 4.74 Å². The average Bonchev–Trinajstić information content (AvgIpc) is 2.74. The molecule has 0 radical (unpaired) electrons. The van der Waals surface area contributed by atoms with E-state index in [1.807, 2.05) is 67.5 Å². The molecule has 2 aromatic carbocycles. The Kier molecular flexibility index (Phi) is 6.63. The fourth-order valence-electron chi connectivity index (χ4n) is 2.76. The van der Waals surface area contributed by atoms with Gasteiger partial charge in [-0.2, -0.15) is 0 Å². The minimum absolute atomic E-state index is 0.235. The number of nitrogens with one attached hydrogen (secondary N) is 2. The van der Waals surface area contributed by atoms with Crippen LogP contribution in [0.25, 0.3) is 0 Å². The average molecular weight is 391 g/mol. The molecule has 0 aliphatic heterocycles. The topological polar surface area (TPSA) is 79.4 Å². The predicted molar refractivity (Wildman–Crippen MR) is 115 cm³/mol. The molecule has 0 aliphatic carbocycles. The van der Waals surface area contributed by atoms with Crippen molar-refractivity contribution in [3.63, 3.8) is 0 Å². The first kappa shape index (κ1) is 20.1. The minimum atomic E-state index is -0.235. The molecule has 3 rings (SSSR count). The number of ether oxygens (including phenoxy) is 1. The molecule has 1 aromatic heterocycles. The highest BCUT2D eigenvalue weighted by molar-refractivity contribution is 5.92. The zero-order chi connectivity index (χ0) is 20.6. The lowest BCUT2D eigenvalue weighted by Gasteiger charge is -2.13. The Bertz CT molecular complexity index is 957. The number of amides is 1. The van der Waals surface area contributed by atoms with Crippen molar-refractivity contribution < 1.29 is 9.53 Å². The van der Waals surface area contributed by atoms with Gasteiger partial charge in [-0.3, -0.25) is 4.79 Å². The second-order valence-corrected chi connectivity index (χ2v) is 6.69. The molecule has 3 aromatic rings. The number of hydrogen-bond donors (Lipinski definition) is 2. The number of anilines is 3. The van der Waals surface area contributed by atoms with E-state index in [0.29, 0.717) is 24.6 Å². The predicted octanol–water partition coefficient (Wildman–Crippen LogP) is 3.27. The second-order valence-electron chi connectivity index (χ2n) is 6.69. The summed E-state index contributed by atoms with van der Waals surface area (Å²) in [5.74, 6) is 0.948. The van der Waals surface area contributed by atoms with Crippen LogP contribution in [0.5, 0.6) is 5.75 Å². The van der Waals surface area contributed by atoms with Gasteiger partial charge in [0.2, 0.25) is 5.95 Å². The molecule has 2 N–H and O–H groups in total. The third-order valence-electron chi connectivity index (χ3n) is 4.36. The molecule has 0 fully saturated rings. The van der Waals surface area contributed by atoms with Crippen LogP contribution in [0.15, 0.2) is 60.8 Å². The largest absolute Gasteiger partial charge is 0.497 e. The minimum Gasteiger partial charge on any atom is -0.497 e. The summed E-state index contributed by atoms with van der Waals surface area (Å²) in [6.45, 7) is 0.505. The molecule has 7 heteroatoms. The van der Waals surface area contributed by atoms with Crippen LogP contribution in [0.3, 0.4) is 0 Å². The summed E-state index contributed by atoms with van der Waals surface area (Å²) in [6.07, 6.45) is 2.28. The van der Waals surface area contributed by atoms with Crippen molar-refractivity contribution in [2.45, 2.75) is 6.42 Å². The van der Waals surface area contributed by atoms with E-state index in [1.54, 1.807) is 19.4 Å². The van der Waals surface area contributed by atoms with Crippen molar-refractivity contribution in [2.24, 2.45) is 0 Å². The Labute approximate surface area is 170 Å². The third-order valence-corrected chi connectivity index (χ3v) is 4.36. The number of methoxy groups -OCH3 is 1. The quantitative estimate of drug-likeness (QED) is 0.614. The number of carbonyl (C=O) groups is 1. The summed E-state index contributed by atoms with van der Waals surface area (Å²) in [4.78, 5) is 23.0. The maximum Gasteiger partial charge on any atom is 0.270 e. The molecule has 1 amide bonds. The van der Waals surface area contributed by atoms with Crippen LogP contribution in [0.4, 0.5) is 17.3 Å². The molecule has 0 atom stereocenters. The van der Waals surface area contributed by atoms with Crippen molar-refractivity contribution in [3.05, 3.63) is 72.1 Å². The first-order chi connectivity index (χ1) is 14.0. The Morgan fingerprint density at radius 3 is 2.62 bits per heavy atom. The molecule has 150 valence electrons. The molecular formula is C22H25N5O2. The SMILES string of the molecule is COc1cccc(CCNC(=O)c2ccnc(Nc3ccc(N(C)C)cc3)n2)c1. The molecule has 0 saturated carbocycles. The van der Waals surface area contributed by atoms with Crippen LogP contribution in [0.2, 0.25) is 0 Å². The molecule has 0 saturated heterocycles. The summed E-state index contributed by atoms with van der Waals surface area (Å²) < 4.78 is 5.22. The van der Waals surface area contributed by atoms with Crippen molar-refractivity contribution in [1.29, 1.82) is 0 Å². The van der Waals surface area contributed by atoms with E-state index in [2.05, 4.69) is 20.6 Å². The highest BCUT2D eigenvalue weighted by atomic mass is 16.5. The molecule has 29 heavy (non-hydrogen) atoms. The fraction of sp³-hybridized carbons (Fsp3) is 0.227. The summed E-state index contributed by atoms with van der Waals surface area (Å²) in [5, 5.41) is 6.02. The van der Waals surface area contributed by atoms with Crippen LogP contribution < -0.4 is 20.3 Å². The van der Waals surface area contributed by atoms with E-state index in [-0.39, 0.29) is 5.91 Å². The van der Waals surface area contributed by atoms with E-state index in [9.17, 15) is 4.79 Å². The zero-order valence-electron chi connectivity index (χ0n) is 16.8. The van der Waals surface area contributed by atoms with Crippen LogP contribution in [0.1, 0.15) is 16.1 Å². The van der Waals surface area contributed by atoms with E-state index >= 15 is 0 Å². The van der Waals surface area contributed by atoms with E-state index in [0.717, 1.165) is 22.7 Å². The first-order valence-corrected chi connectivity index (χ1v) is 9.34. The van der Waals surface area contributed by atoms with E-state index in [1.165, 1.54) is 0 Å². The third kappa shape index (κ3) is 5.68. The first-order valence-electron chi connectivity index (χ1n) is 9.34. The van der Waals surface area contributed by atoms with Crippen LogP contribution in [0, 0.1) is 0 Å². The highest BCUT2D eigenvalue weighted by Gasteiger charge is 2.09. The van der Waals surface area contributed by atoms with Crippen molar-refractivity contribution >= 4 is 23.2 Å². The highest BCUT2D eigenvalue weighted by Crippen LogP contribution is 2.18. The molecule has 0 spiro atoms. The van der Waals surface area contributed by atoms with Gasteiger partial charge in [0.05, 0.1) is 7.11 Å². The lowest BCUT2D eigenvalue weighted by molar-refractivity contribution is 0.0949. The van der Waals surface area contributed by atoms with Gasteiger partial charge in [0.15, 0.2) is 0 Å². The van der Waals surface area contributed by atoms with Crippen molar-refractivity contribution in [1.82, 2.24) is 15.3 Å². The molecule has 0 aliphatic rings. The maximum atomic E-state index is 12.4. The van der Waals surface area contributed by atoms with Crippen LogP contribution in [-0.2, 0) is 6.42 Å². The van der Waals surface area contributed by atoms with Crippen molar-refractivity contribution in [3.8, 4) is 5.75 Å². The Morgan fingerprint density at radius 1 is 1.10 bits per heavy atom. The standard InChI is InChI=1S/C22H25N5O2/c1-27(2)18-9-7-17(8-10-18)25-22-24-14-12-20(26-22)21(28)23-13-11-16-5-4-6-19(15-16)29-3/h4-10,12,14-15H,11,13H2,1-3H3,(H,23,28)(H,24,25,26). The summed E-state index contributed by atoms with van der Waals surface area (Å²) in [5.41, 5.74) is 3.36. The van der Waals surface area contributed by atoms with Gasteiger partial charge in [0, 0.05) is 38.2 Å². The van der Waals surface area contributed by atoms with Gasteiger partial charge in [-0.05, 0) is 54.4 Å². The summed E-state index contributed by atoms with van der Waals surface area (Å²) in [7, 11) is 5.61. The van der Waals surface area contributed by atoms with Crippen molar-refractivity contribution in [2.75, 3.05) is 38.0 Å². The maximum absolute atomic E-state index is 12.4. The van der Waals surface area contributed by atoms with Gasteiger partial charge in [-0.15, -0.1) is 0 Å².